The summed E-state index contributed by atoms with van der Waals surface area (Å²) in [6, 6.07) is 20.6. The van der Waals surface area contributed by atoms with Crippen molar-refractivity contribution in [1.29, 1.82) is 0 Å². The second-order valence-corrected chi connectivity index (χ2v) is 8.73. The summed E-state index contributed by atoms with van der Waals surface area (Å²) in [6.07, 6.45) is 1.38. The smallest absolute Gasteiger partial charge is 0.199 e. The van der Waals surface area contributed by atoms with E-state index in [-0.39, 0.29) is 0 Å². The number of aromatic nitrogens is 4. The number of para-hydroxylation sites is 2. The van der Waals surface area contributed by atoms with E-state index in [1.165, 1.54) is 4.70 Å². The zero-order valence-corrected chi connectivity index (χ0v) is 17.2. The van der Waals surface area contributed by atoms with E-state index in [4.69, 9.17) is 9.40 Å². The zero-order valence-electron chi connectivity index (χ0n) is 16.3. The maximum atomic E-state index is 5.99. The minimum Gasteiger partial charge on any atom is -0.440 e. The van der Waals surface area contributed by atoms with Gasteiger partial charge in [0, 0.05) is 12.8 Å². The van der Waals surface area contributed by atoms with Crippen molar-refractivity contribution in [3.05, 3.63) is 88.5 Å². The van der Waals surface area contributed by atoms with Crippen LogP contribution in [0.5, 0.6) is 0 Å². The van der Waals surface area contributed by atoms with Gasteiger partial charge in [0.05, 0.1) is 26.3 Å². The first-order valence-electron chi connectivity index (χ1n) is 9.88. The van der Waals surface area contributed by atoms with E-state index in [0.717, 1.165) is 61.9 Å². The van der Waals surface area contributed by atoms with Crippen LogP contribution in [0.15, 0.2) is 65.1 Å². The van der Waals surface area contributed by atoms with Gasteiger partial charge >= 0.3 is 0 Å². The number of nitrogens with one attached hydrogen (secondary N) is 1. The van der Waals surface area contributed by atoms with Gasteiger partial charge in [-0.3, -0.25) is 0 Å². The first kappa shape index (κ1) is 17.4. The van der Waals surface area contributed by atoms with Crippen molar-refractivity contribution in [3.8, 4) is 0 Å². The average molecular weight is 411 g/mol. The van der Waals surface area contributed by atoms with Gasteiger partial charge in [0.15, 0.2) is 11.5 Å². The van der Waals surface area contributed by atoms with Crippen LogP contribution in [0.1, 0.15) is 27.8 Å². The average Bonchev–Trinajstić information content (AvgIpc) is 3.42. The topological polar surface area (TPSA) is 67.6 Å². The fraction of sp³-hybridized carbons (Fsp3) is 0.125. The molecule has 3 aromatic heterocycles. The fourth-order valence-corrected chi connectivity index (χ4v) is 4.67. The van der Waals surface area contributed by atoms with Crippen molar-refractivity contribution >= 4 is 43.7 Å². The van der Waals surface area contributed by atoms with Crippen LogP contribution in [0.25, 0.3) is 32.3 Å². The highest BCUT2D eigenvalue weighted by Gasteiger charge is 2.10. The Morgan fingerprint density at radius 1 is 0.833 bits per heavy atom. The minimum absolute atomic E-state index is 0.653. The number of nitrogens with zero attached hydrogens (tertiary/aromatic N) is 3. The molecule has 6 heteroatoms. The predicted octanol–water partition coefficient (Wildman–Crippen LogP) is 5.80. The zero-order chi connectivity index (χ0) is 20.1. The molecule has 1 N–H and O–H groups in total. The summed E-state index contributed by atoms with van der Waals surface area (Å²) in [5, 5.41) is 1.08. The van der Waals surface area contributed by atoms with E-state index >= 15 is 0 Å². The van der Waals surface area contributed by atoms with Crippen molar-refractivity contribution in [2.45, 2.75) is 19.8 Å². The molecule has 0 atom stereocenters. The van der Waals surface area contributed by atoms with Crippen molar-refractivity contribution in [1.82, 2.24) is 19.9 Å². The lowest BCUT2D eigenvalue weighted by atomic mass is 10.1. The Hall–Kier alpha value is -3.51. The highest BCUT2D eigenvalue weighted by Crippen LogP contribution is 2.25. The Kier molecular flexibility index (Phi) is 3.92. The Bertz CT molecular complexity index is 1490. The summed E-state index contributed by atoms with van der Waals surface area (Å²) in [6.45, 7) is 2.04. The Morgan fingerprint density at radius 3 is 2.60 bits per heavy atom. The van der Waals surface area contributed by atoms with Gasteiger partial charge < -0.3 is 9.40 Å². The van der Waals surface area contributed by atoms with Gasteiger partial charge in [-0.15, -0.1) is 11.3 Å². The minimum atomic E-state index is 0.653. The molecule has 3 heterocycles. The fourth-order valence-electron chi connectivity index (χ4n) is 3.86. The Labute approximate surface area is 176 Å². The molecule has 6 aromatic rings. The molecule has 30 heavy (non-hydrogen) atoms. The lowest BCUT2D eigenvalue weighted by molar-refractivity contribution is 0.544. The lowest BCUT2D eigenvalue weighted by Crippen LogP contribution is -1.90. The molecule has 0 aliphatic carbocycles. The number of rotatable bonds is 4. The number of imidazole rings is 1. The third-order valence-corrected chi connectivity index (χ3v) is 6.17. The van der Waals surface area contributed by atoms with Gasteiger partial charge in [0.25, 0.3) is 0 Å². The summed E-state index contributed by atoms with van der Waals surface area (Å²) in [4.78, 5) is 17.4. The number of thiazole rings is 1. The van der Waals surface area contributed by atoms with Crippen LogP contribution in [0.2, 0.25) is 0 Å². The van der Waals surface area contributed by atoms with E-state index in [9.17, 15) is 0 Å². The van der Waals surface area contributed by atoms with Crippen LogP contribution in [0.4, 0.5) is 0 Å². The number of hydrogen-bond acceptors (Lipinski definition) is 5. The first-order chi connectivity index (χ1) is 14.7. The molecule has 6 rings (SSSR count). The van der Waals surface area contributed by atoms with Crippen LogP contribution < -0.4 is 0 Å². The Balaban J connectivity index is 1.27. The number of oxazole rings is 1. The molecule has 146 valence electrons. The SMILES string of the molecule is Cc1nc2cc(Cc3nc4cc(Cc5nc6ccccc6[nH]5)ccc4o3)ccc2s1. The maximum Gasteiger partial charge on any atom is 0.199 e. The molecule has 0 amide bonds. The van der Waals surface area contributed by atoms with Gasteiger partial charge in [-0.2, -0.15) is 0 Å². The second kappa shape index (κ2) is 6.78. The maximum absolute atomic E-state index is 5.99. The Morgan fingerprint density at radius 2 is 1.67 bits per heavy atom. The van der Waals surface area contributed by atoms with E-state index < -0.39 is 0 Å². The standard InChI is InChI=1S/C24H18N4OS/c1-14-25-20-11-16(7-9-22(20)30-14)13-24-28-19-10-15(6-8-21(19)29-24)12-23-26-17-4-2-3-5-18(17)27-23/h2-11H,12-13H2,1H3,(H,26,27). The number of H-pyrrole nitrogens is 1. The van der Waals surface area contributed by atoms with Crippen molar-refractivity contribution in [3.63, 3.8) is 0 Å². The number of fused-ring (bicyclic) bond motifs is 3. The molecule has 0 radical (unpaired) electrons. The summed E-state index contributed by atoms with van der Waals surface area (Å²) in [7, 11) is 0. The number of aryl methyl sites for hydroxylation is 1. The molecular formula is C24H18N4OS. The third-order valence-electron chi connectivity index (χ3n) is 5.22. The molecule has 0 saturated heterocycles. The van der Waals surface area contributed by atoms with E-state index in [1.807, 2.05) is 37.3 Å². The number of hydrogen-bond donors (Lipinski definition) is 1. The van der Waals surface area contributed by atoms with Gasteiger partial charge in [-0.25, -0.2) is 15.0 Å². The van der Waals surface area contributed by atoms with E-state index in [1.54, 1.807) is 11.3 Å². The lowest BCUT2D eigenvalue weighted by Gasteiger charge is -1.97. The van der Waals surface area contributed by atoms with Crippen molar-refractivity contribution in [2.75, 3.05) is 0 Å². The van der Waals surface area contributed by atoms with E-state index in [0.29, 0.717) is 6.42 Å². The highest BCUT2D eigenvalue weighted by atomic mass is 32.1. The van der Waals surface area contributed by atoms with Crippen LogP contribution in [-0.2, 0) is 12.8 Å². The highest BCUT2D eigenvalue weighted by molar-refractivity contribution is 7.18. The number of aromatic amines is 1. The first-order valence-corrected chi connectivity index (χ1v) is 10.7. The molecule has 5 nitrogen and oxygen atoms in total. The van der Waals surface area contributed by atoms with Crippen LogP contribution in [0.3, 0.4) is 0 Å². The monoisotopic (exact) mass is 410 g/mol. The van der Waals surface area contributed by atoms with Crippen LogP contribution in [0, 0.1) is 6.92 Å². The molecule has 0 saturated carbocycles. The molecule has 0 aliphatic rings. The molecule has 0 spiro atoms. The van der Waals surface area contributed by atoms with Gasteiger partial charge in [-0.05, 0) is 54.4 Å². The summed E-state index contributed by atoms with van der Waals surface area (Å²) >= 11 is 1.72. The van der Waals surface area contributed by atoms with Gasteiger partial charge in [-0.1, -0.05) is 24.3 Å². The third kappa shape index (κ3) is 3.15. The predicted molar refractivity (Wildman–Crippen MR) is 120 cm³/mol. The largest absolute Gasteiger partial charge is 0.440 e. The van der Waals surface area contributed by atoms with Crippen molar-refractivity contribution in [2.24, 2.45) is 0 Å². The van der Waals surface area contributed by atoms with E-state index in [2.05, 4.69) is 45.3 Å². The second-order valence-electron chi connectivity index (χ2n) is 7.50. The van der Waals surface area contributed by atoms with Gasteiger partial charge in [0.1, 0.15) is 11.3 Å². The summed E-state index contributed by atoms with van der Waals surface area (Å²) in [5.74, 6) is 1.67. The molecular weight excluding hydrogens is 392 g/mol. The molecule has 3 aromatic carbocycles. The van der Waals surface area contributed by atoms with Crippen molar-refractivity contribution < 1.29 is 4.42 Å². The molecule has 0 fully saturated rings. The normalized spacial score (nSPS) is 11.8. The summed E-state index contributed by atoms with van der Waals surface area (Å²) < 4.78 is 7.20. The molecule has 0 bridgehead atoms. The summed E-state index contributed by atoms with van der Waals surface area (Å²) in [5.41, 5.74) is 7.09. The quantitative estimate of drug-likeness (QED) is 0.399. The number of benzene rings is 3. The van der Waals surface area contributed by atoms with Gasteiger partial charge in [0.2, 0.25) is 0 Å². The molecule has 0 unspecified atom stereocenters. The van der Waals surface area contributed by atoms with Crippen LogP contribution >= 0.6 is 11.3 Å². The molecule has 0 aliphatic heterocycles. The van der Waals surface area contributed by atoms with Crippen LogP contribution in [-0.4, -0.2) is 19.9 Å².